The van der Waals surface area contributed by atoms with Gasteiger partial charge < -0.3 is 20.3 Å². The first kappa shape index (κ1) is 23.3. The lowest BCUT2D eigenvalue weighted by atomic mass is 10.1. The average Bonchev–Trinajstić information content (AvgIpc) is 3.14. The molecule has 29 heavy (non-hydrogen) atoms. The van der Waals surface area contributed by atoms with Gasteiger partial charge in [0.05, 0.1) is 12.3 Å². The summed E-state index contributed by atoms with van der Waals surface area (Å²) in [5.74, 6) is -0.398. The highest BCUT2D eigenvalue weighted by Crippen LogP contribution is 2.24. The molecule has 1 aliphatic heterocycles. The molecule has 1 aliphatic rings. The fraction of sp³-hybridized carbons (Fsp3) is 0.381. The molecule has 3 rings (SSSR count). The number of nitrogens with zero attached hydrogens (tertiary/aromatic N) is 2. The van der Waals surface area contributed by atoms with Gasteiger partial charge >= 0.3 is 0 Å². The van der Waals surface area contributed by atoms with Crippen molar-refractivity contribution in [1.29, 1.82) is 0 Å². The number of aliphatic imine (C=N–C) groups is 1. The average molecular weight is 516 g/mol. The first-order valence-electron chi connectivity index (χ1n) is 9.33. The minimum absolute atomic E-state index is 0. The van der Waals surface area contributed by atoms with E-state index >= 15 is 0 Å². The second-order valence-corrected chi connectivity index (χ2v) is 6.80. The van der Waals surface area contributed by atoms with E-state index in [-0.39, 0.29) is 30.0 Å². The standard InChI is InChI=1S/C21H26F2N4O.HI/c1-24-21(25-12-15-5-3-4-6-16(15)14-28-2)26-18-9-10-27(13-18)20-8-7-17(22)11-19(20)23;/h3-8,11,18H,9-10,12-14H2,1-2H3,(H2,24,25,26);1H. The Balaban J connectivity index is 0.00000300. The molecule has 0 spiro atoms. The summed E-state index contributed by atoms with van der Waals surface area (Å²) in [6, 6.07) is 11.9. The van der Waals surface area contributed by atoms with Crippen LogP contribution in [0.4, 0.5) is 14.5 Å². The summed E-state index contributed by atoms with van der Waals surface area (Å²) in [7, 11) is 3.41. The van der Waals surface area contributed by atoms with Crippen LogP contribution in [0.3, 0.4) is 0 Å². The Bertz CT molecular complexity index is 834. The fourth-order valence-electron chi connectivity index (χ4n) is 3.43. The number of hydrogen-bond acceptors (Lipinski definition) is 3. The van der Waals surface area contributed by atoms with Gasteiger partial charge in [-0.05, 0) is 29.7 Å². The summed E-state index contributed by atoms with van der Waals surface area (Å²) in [5, 5.41) is 6.71. The van der Waals surface area contributed by atoms with Gasteiger partial charge in [0.1, 0.15) is 11.6 Å². The zero-order chi connectivity index (χ0) is 19.9. The summed E-state index contributed by atoms with van der Waals surface area (Å²) >= 11 is 0. The molecule has 1 heterocycles. The van der Waals surface area contributed by atoms with Gasteiger partial charge in [0.25, 0.3) is 0 Å². The van der Waals surface area contributed by atoms with E-state index in [2.05, 4.69) is 21.7 Å². The Kier molecular flexibility index (Phi) is 9.09. The predicted molar refractivity (Wildman–Crippen MR) is 123 cm³/mol. The van der Waals surface area contributed by atoms with Gasteiger partial charge in [-0.15, -0.1) is 24.0 Å². The molecule has 0 bridgehead atoms. The van der Waals surface area contributed by atoms with Crippen molar-refractivity contribution in [3.63, 3.8) is 0 Å². The van der Waals surface area contributed by atoms with Crippen molar-refractivity contribution in [2.45, 2.75) is 25.6 Å². The van der Waals surface area contributed by atoms with Gasteiger partial charge in [0, 0.05) is 45.9 Å². The highest BCUT2D eigenvalue weighted by molar-refractivity contribution is 14.0. The molecular formula is C21H27F2IN4O. The highest BCUT2D eigenvalue weighted by Gasteiger charge is 2.25. The maximum absolute atomic E-state index is 14.0. The molecule has 2 aromatic carbocycles. The summed E-state index contributed by atoms with van der Waals surface area (Å²) in [6.45, 7) is 2.52. The van der Waals surface area contributed by atoms with Crippen LogP contribution in [-0.2, 0) is 17.9 Å². The summed E-state index contributed by atoms with van der Waals surface area (Å²) in [6.07, 6.45) is 0.845. The molecule has 1 fully saturated rings. The molecule has 2 N–H and O–H groups in total. The van der Waals surface area contributed by atoms with Crippen LogP contribution in [0.1, 0.15) is 17.5 Å². The van der Waals surface area contributed by atoms with Gasteiger partial charge in [0.15, 0.2) is 5.96 Å². The van der Waals surface area contributed by atoms with Crippen LogP contribution in [0.5, 0.6) is 0 Å². The third-order valence-corrected chi connectivity index (χ3v) is 4.87. The summed E-state index contributed by atoms with van der Waals surface area (Å²) in [5.41, 5.74) is 2.71. The first-order chi connectivity index (χ1) is 13.6. The third kappa shape index (κ3) is 6.27. The van der Waals surface area contributed by atoms with Crippen molar-refractivity contribution in [3.05, 3.63) is 65.2 Å². The Morgan fingerprint density at radius 3 is 2.66 bits per heavy atom. The number of benzene rings is 2. The molecule has 0 radical (unpaired) electrons. The number of nitrogens with one attached hydrogen (secondary N) is 2. The van der Waals surface area contributed by atoms with Gasteiger partial charge in [-0.2, -0.15) is 0 Å². The SMILES string of the molecule is CN=C(NCc1ccccc1COC)NC1CCN(c2ccc(F)cc2F)C1.I. The van der Waals surface area contributed by atoms with E-state index in [1.165, 1.54) is 12.1 Å². The van der Waals surface area contributed by atoms with Gasteiger partial charge in [-0.1, -0.05) is 24.3 Å². The van der Waals surface area contributed by atoms with E-state index in [4.69, 9.17) is 4.74 Å². The molecule has 0 saturated carbocycles. The van der Waals surface area contributed by atoms with E-state index < -0.39 is 11.6 Å². The minimum Gasteiger partial charge on any atom is -0.380 e. The van der Waals surface area contributed by atoms with Gasteiger partial charge in [-0.3, -0.25) is 4.99 Å². The Labute approximate surface area is 187 Å². The number of halogens is 3. The fourth-order valence-corrected chi connectivity index (χ4v) is 3.43. The van der Waals surface area contributed by atoms with Crippen LogP contribution in [0.2, 0.25) is 0 Å². The highest BCUT2D eigenvalue weighted by atomic mass is 127. The van der Waals surface area contributed by atoms with Crippen molar-refractivity contribution in [2.24, 2.45) is 4.99 Å². The van der Waals surface area contributed by atoms with E-state index in [1.807, 2.05) is 23.1 Å². The van der Waals surface area contributed by atoms with Crippen LogP contribution >= 0.6 is 24.0 Å². The number of ether oxygens (including phenoxy) is 1. The molecule has 5 nitrogen and oxygen atoms in total. The molecule has 1 unspecified atom stereocenters. The first-order valence-corrected chi connectivity index (χ1v) is 9.33. The number of anilines is 1. The van der Waals surface area contributed by atoms with Crippen molar-refractivity contribution in [3.8, 4) is 0 Å². The van der Waals surface area contributed by atoms with Crippen LogP contribution in [0.25, 0.3) is 0 Å². The zero-order valence-corrected chi connectivity index (χ0v) is 19.0. The Morgan fingerprint density at radius 1 is 1.21 bits per heavy atom. The van der Waals surface area contributed by atoms with Gasteiger partial charge in [0.2, 0.25) is 0 Å². The molecule has 0 amide bonds. The maximum atomic E-state index is 14.0. The van der Waals surface area contributed by atoms with Crippen LogP contribution in [0.15, 0.2) is 47.5 Å². The van der Waals surface area contributed by atoms with E-state index in [0.717, 1.165) is 23.6 Å². The van der Waals surface area contributed by atoms with E-state index in [1.54, 1.807) is 14.2 Å². The lowest BCUT2D eigenvalue weighted by molar-refractivity contribution is 0.184. The van der Waals surface area contributed by atoms with E-state index in [0.29, 0.717) is 37.9 Å². The molecule has 1 atom stereocenters. The van der Waals surface area contributed by atoms with E-state index in [9.17, 15) is 8.78 Å². The number of methoxy groups -OCH3 is 1. The van der Waals surface area contributed by atoms with Crippen LogP contribution in [-0.4, -0.2) is 39.2 Å². The predicted octanol–water partition coefficient (Wildman–Crippen LogP) is 3.67. The normalized spacial score (nSPS) is 16.5. The van der Waals surface area contributed by atoms with Crippen molar-refractivity contribution < 1.29 is 13.5 Å². The summed E-state index contributed by atoms with van der Waals surface area (Å²) < 4.78 is 32.4. The van der Waals surface area contributed by atoms with Crippen molar-refractivity contribution >= 4 is 35.6 Å². The molecule has 0 aromatic heterocycles. The van der Waals surface area contributed by atoms with Gasteiger partial charge in [-0.25, -0.2) is 8.78 Å². The Morgan fingerprint density at radius 2 is 1.97 bits per heavy atom. The number of rotatable bonds is 6. The monoisotopic (exact) mass is 516 g/mol. The molecular weight excluding hydrogens is 489 g/mol. The van der Waals surface area contributed by atoms with Crippen molar-refractivity contribution in [1.82, 2.24) is 10.6 Å². The summed E-state index contributed by atoms with van der Waals surface area (Å²) in [4.78, 5) is 6.21. The zero-order valence-electron chi connectivity index (χ0n) is 16.6. The maximum Gasteiger partial charge on any atom is 0.191 e. The van der Waals surface area contributed by atoms with Crippen molar-refractivity contribution in [2.75, 3.05) is 32.1 Å². The number of hydrogen-bond donors (Lipinski definition) is 2. The molecule has 8 heteroatoms. The Hall–Kier alpha value is -1.94. The van der Waals surface area contributed by atoms with Crippen LogP contribution < -0.4 is 15.5 Å². The largest absolute Gasteiger partial charge is 0.380 e. The smallest absolute Gasteiger partial charge is 0.191 e. The minimum atomic E-state index is -0.562. The second kappa shape index (κ2) is 11.3. The third-order valence-electron chi connectivity index (χ3n) is 4.87. The molecule has 158 valence electrons. The molecule has 2 aromatic rings. The lowest BCUT2D eigenvalue weighted by Crippen LogP contribution is -2.44. The molecule has 1 saturated heterocycles. The number of guanidine groups is 1. The quantitative estimate of drug-likeness (QED) is 0.350. The van der Waals surface area contributed by atoms with Crippen LogP contribution in [0, 0.1) is 11.6 Å². The topological polar surface area (TPSA) is 48.9 Å². The lowest BCUT2D eigenvalue weighted by Gasteiger charge is -2.21. The second-order valence-electron chi connectivity index (χ2n) is 6.80. The molecule has 0 aliphatic carbocycles.